The Morgan fingerprint density at radius 3 is 2.74 bits per heavy atom. The zero-order valence-electron chi connectivity index (χ0n) is 12.0. The fraction of sp³-hybridized carbons (Fsp3) is 0.188. The zero-order chi connectivity index (χ0) is 15.8. The van der Waals surface area contributed by atoms with Gasteiger partial charge >= 0.3 is 0 Å². The van der Waals surface area contributed by atoms with Crippen molar-refractivity contribution in [2.24, 2.45) is 0 Å². The van der Waals surface area contributed by atoms with E-state index >= 15 is 0 Å². The highest BCUT2D eigenvalue weighted by molar-refractivity contribution is 9.10. The molecule has 0 saturated carbocycles. The molecule has 0 spiro atoms. The summed E-state index contributed by atoms with van der Waals surface area (Å²) in [6, 6.07) is 16.4. The summed E-state index contributed by atoms with van der Waals surface area (Å²) in [7, 11) is 0. The molecule has 5 nitrogen and oxygen atoms in total. The smallest absolute Gasteiger partial charge is 0.243 e. The molecular weight excluding hydrogens is 378 g/mol. The van der Waals surface area contributed by atoms with Gasteiger partial charge in [-0.05, 0) is 52.2 Å². The average molecular weight is 391 g/mol. The maximum Gasteiger partial charge on any atom is 0.243 e. The minimum absolute atomic E-state index is 0.0718. The van der Waals surface area contributed by atoms with Crippen molar-refractivity contribution in [2.75, 3.05) is 5.32 Å². The van der Waals surface area contributed by atoms with Gasteiger partial charge in [-0.2, -0.15) is 0 Å². The first-order valence-corrected chi connectivity index (χ1v) is 8.43. The van der Waals surface area contributed by atoms with Crippen LogP contribution in [-0.4, -0.2) is 20.2 Å². The van der Waals surface area contributed by atoms with E-state index in [0.717, 1.165) is 21.5 Å². The molecule has 1 N–H and O–H groups in total. The lowest BCUT2D eigenvalue weighted by Crippen LogP contribution is -2.28. The van der Waals surface area contributed by atoms with E-state index in [1.165, 1.54) is 5.56 Å². The van der Waals surface area contributed by atoms with Crippen molar-refractivity contribution in [1.29, 1.82) is 0 Å². The number of fused-ring (bicyclic) bond motifs is 1. The number of rotatable bonds is 2. The van der Waals surface area contributed by atoms with Gasteiger partial charge in [-0.3, -0.25) is 0 Å². The van der Waals surface area contributed by atoms with Crippen LogP contribution in [0, 0.1) is 0 Å². The van der Waals surface area contributed by atoms with E-state index < -0.39 is 0 Å². The number of aromatic nitrogens is 4. The SMILES string of the molecule is Clc1ccc([C@@H]2C[C@@H](c3cccc(Br)c3)Nc3nnnn32)cc1. The number of hydrogen-bond acceptors (Lipinski definition) is 4. The molecule has 0 saturated heterocycles. The Labute approximate surface area is 146 Å². The standard InChI is InChI=1S/C16H13BrClN5/c17-12-3-1-2-11(8-12)14-9-15(10-4-6-13(18)7-5-10)23-16(19-14)20-21-22-23/h1-8,14-15H,9H2,(H,19,20,22)/t14-,15-/m0/s1. The second-order valence-electron chi connectivity index (χ2n) is 5.50. The molecule has 1 aliphatic heterocycles. The number of tetrazole rings is 1. The third kappa shape index (κ3) is 2.84. The summed E-state index contributed by atoms with van der Waals surface area (Å²) in [5.41, 5.74) is 2.34. The van der Waals surface area contributed by atoms with Crippen LogP contribution < -0.4 is 5.32 Å². The highest BCUT2D eigenvalue weighted by Gasteiger charge is 2.30. The molecule has 0 bridgehead atoms. The first kappa shape index (κ1) is 14.7. The lowest BCUT2D eigenvalue weighted by molar-refractivity contribution is 0.424. The second-order valence-corrected chi connectivity index (χ2v) is 6.85. The fourth-order valence-corrected chi connectivity index (χ4v) is 3.48. The minimum atomic E-state index is 0.0718. The second kappa shape index (κ2) is 5.94. The number of hydrogen-bond donors (Lipinski definition) is 1. The van der Waals surface area contributed by atoms with E-state index in [-0.39, 0.29) is 12.1 Å². The van der Waals surface area contributed by atoms with Crippen molar-refractivity contribution in [2.45, 2.75) is 18.5 Å². The highest BCUT2D eigenvalue weighted by Crippen LogP contribution is 2.37. The highest BCUT2D eigenvalue weighted by atomic mass is 79.9. The molecule has 0 radical (unpaired) electrons. The van der Waals surface area contributed by atoms with E-state index in [4.69, 9.17) is 11.6 Å². The van der Waals surface area contributed by atoms with Crippen LogP contribution in [0.5, 0.6) is 0 Å². The largest absolute Gasteiger partial charge is 0.346 e. The molecule has 0 fully saturated rings. The normalized spacial score (nSPS) is 19.9. The Bertz CT molecular complexity index is 832. The van der Waals surface area contributed by atoms with Crippen LogP contribution >= 0.6 is 27.5 Å². The number of anilines is 1. The lowest BCUT2D eigenvalue weighted by atomic mass is 9.93. The summed E-state index contributed by atoms with van der Waals surface area (Å²) in [6.45, 7) is 0. The maximum absolute atomic E-state index is 6.01. The number of benzene rings is 2. The van der Waals surface area contributed by atoms with Gasteiger partial charge in [-0.15, -0.1) is 0 Å². The third-order valence-corrected chi connectivity index (χ3v) is 4.80. The summed E-state index contributed by atoms with van der Waals surface area (Å²) >= 11 is 9.54. The van der Waals surface area contributed by atoms with Crippen LogP contribution in [0.1, 0.15) is 29.6 Å². The van der Waals surface area contributed by atoms with Crippen molar-refractivity contribution >= 4 is 33.5 Å². The summed E-state index contributed by atoms with van der Waals surface area (Å²) < 4.78 is 2.89. The van der Waals surface area contributed by atoms with Crippen molar-refractivity contribution in [3.05, 3.63) is 69.2 Å². The van der Waals surface area contributed by atoms with Gasteiger partial charge in [0.1, 0.15) is 0 Å². The van der Waals surface area contributed by atoms with E-state index in [2.05, 4.69) is 48.9 Å². The molecule has 0 aliphatic carbocycles. The third-order valence-electron chi connectivity index (χ3n) is 4.06. The van der Waals surface area contributed by atoms with E-state index in [1.807, 2.05) is 41.1 Å². The molecule has 2 aromatic carbocycles. The molecule has 0 amide bonds. The zero-order valence-corrected chi connectivity index (χ0v) is 14.4. The monoisotopic (exact) mass is 389 g/mol. The lowest BCUT2D eigenvalue weighted by Gasteiger charge is -2.31. The van der Waals surface area contributed by atoms with Crippen LogP contribution in [0.3, 0.4) is 0 Å². The number of nitrogens with one attached hydrogen (secondary N) is 1. The molecule has 1 aliphatic rings. The minimum Gasteiger partial charge on any atom is -0.346 e. The molecular formula is C16H13BrClN5. The Balaban J connectivity index is 1.73. The van der Waals surface area contributed by atoms with Gasteiger partial charge in [0.05, 0.1) is 12.1 Å². The molecule has 1 aromatic heterocycles. The van der Waals surface area contributed by atoms with E-state index in [1.54, 1.807) is 0 Å². The Kier molecular flexibility index (Phi) is 3.79. The predicted octanol–water partition coefficient (Wildman–Crippen LogP) is 4.24. The summed E-state index contributed by atoms with van der Waals surface area (Å²) in [6.07, 6.45) is 0.857. The van der Waals surface area contributed by atoms with Crippen molar-refractivity contribution in [3.63, 3.8) is 0 Å². The fourth-order valence-electron chi connectivity index (χ4n) is 2.94. The summed E-state index contributed by atoms with van der Waals surface area (Å²) in [5, 5.41) is 16.2. The van der Waals surface area contributed by atoms with Crippen LogP contribution in [0.15, 0.2) is 53.0 Å². The Hall–Kier alpha value is -1.92. The molecule has 2 atom stereocenters. The van der Waals surface area contributed by atoms with Gasteiger partial charge in [0.25, 0.3) is 0 Å². The average Bonchev–Trinajstić information content (AvgIpc) is 3.03. The van der Waals surface area contributed by atoms with Crippen molar-refractivity contribution in [1.82, 2.24) is 20.2 Å². The molecule has 0 unspecified atom stereocenters. The quantitative estimate of drug-likeness (QED) is 0.711. The number of halogens is 2. The first-order valence-electron chi connectivity index (χ1n) is 7.26. The first-order chi connectivity index (χ1) is 11.2. The molecule has 23 heavy (non-hydrogen) atoms. The molecule has 4 rings (SSSR count). The topological polar surface area (TPSA) is 55.6 Å². The molecule has 3 aromatic rings. The summed E-state index contributed by atoms with van der Waals surface area (Å²) in [4.78, 5) is 0. The van der Waals surface area contributed by atoms with Crippen molar-refractivity contribution in [3.8, 4) is 0 Å². The van der Waals surface area contributed by atoms with Crippen LogP contribution in [-0.2, 0) is 0 Å². The van der Waals surface area contributed by atoms with E-state index in [9.17, 15) is 0 Å². The van der Waals surface area contributed by atoms with E-state index in [0.29, 0.717) is 5.95 Å². The molecule has 2 heterocycles. The van der Waals surface area contributed by atoms with Gasteiger partial charge in [0, 0.05) is 9.50 Å². The Morgan fingerprint density at radius 1 is 1.13 bits per heavy atom. The predicted molar refractivity (Wildman–Crippen MR) is 92.5 cm³/mol. The summed E-state index contributed by atoms with van der Waals surface area (Å²) in [5.74, 6) is 0.682. The van der Waals surface area contributed by atoms with Gasteiger partial charge in [-0.25, -0.2) is 4.68 Å². The Morgan fingerprint density at radius 2 is 1.96 bits per heavy atom. The van der Waals surface area contributed by atoms with Gasteiger partial charge < -0.3 is 5.32 Å². The van der Waals surface area contributed by atoms with Gasteiger partial charge in [0.2, 0.25) is 5.95 Å². The van der Waals surface area contributed by atoms with Crippen LogP contribution in [0.25, 0.3) is 0 Å². The molecule has 116 valence electrons. The van der Waals surface area contributed by atoms with Gasteiger partial charge in [-0.1, -0.05) is 56.9 Å². The van der Waals surface area contributed by atoms with Crippen LogP contribution in [0.4, 0.5) is 5.95 Å². The molecule has 7 heteroatoms. The van der Waals surface area contributed by atoms with Crippen molar-refractivity contribution < 1.29 is 0 Å². The maximum atomic E-state index is 6.01. The van der Waals surface area contributed by atoms with Gasteiger partial charge in [0.15, 0.2) is 0 Å². The number of nitrogens with zero attached hydrogens (tertiary/aromatic N) is 4. The van der Waals surface area contributed by atoms with Crippen LogP contribution in [0.2, 0.25) is 5.02 Å².